The Labute approximate surface area is 126 Å². The molecule has 0 saturated heterocycles. The molecule has 0 amide bonds. The third kappa shape index (κ3) is 6.86. The highest BCUT2D eigenvalue weighted by molar-refractivity contribution is 6.76. The Hall–Kier alpha value is -1.94. The third-order valence-electron chi connectivity index (χ3n) is 3.24. The molecule has 1 aromatic carbocycles. The highest BCUT2D eigenvalue weighted by atomic mass is 28.3. The van der Waals surface area contributed by atoms with Gasteiger partial charge in [0.05, 0.1) is 0 Å². The monoisotopic (exact) mass is 302 g/mol. The van der Waals surface area contributed by atoms with E-state index in [9.17, 15) is 0 Å². The van der Waals surface area contributed by atoms with Crippen molar-refractivity contribution >= 4 is 8.07 Å². The molecule has 21 heavy (non-hydrogen) atoms. The van der Waals surface area contributed by atoms with E-state index in [1.54, 1.807) is 0 Å². The summed E-state index contributed by atoms with van der Waals surface area (Å²) in [6.07, 6.45) is 1.51. The number of rotatable bonds is 8. The SMILES string of the molecule is C[Si](C)(C)CC(N=[N+]=[N-])C(CCc1ccccc1)N=[N+]=[N-]. The van der Waals surface area contributed by atoms with E-state index in [0.717, 1.165) is 12.5 Å². The highest BCUT2D eigenvalue weighted by Crippen LogP contribution is 2.22. The van der Waals surface area contributed by atoms with Crippen LogP contribution in [0.3, 0.4) is 0 Å². The van der Waals surface area contributed by atoms with Gasteiger partial charge in [0.2, 0.25) is 0 Å². The maximum atomic E-state index is 8.78. The average molecular weight is 302 g/mol. The second-order valence-electron chi connectivity index (χ2n) is 6.33. The molecule has 112 valence electrons. The van der Waals surface area contributed by atoms with E-state index in [0.29, 0.717) is 6.42 Å². The summed E-state index contributed by atoms with van der Waals surface area (Å²) in [6.45, 7) is 6.66. The van der Waals surface area contributed by atoms with Crippen molar-refractivity contribution < 1.29 is 0 Å². The summed E-state index contributed by atoms with van der Waals surface area (Å²) < 4.78 is 0. The lowest BCUT2D eigenvalue weighted by molar-refractivity contribution is 0.516. The van der Waals surface area contributed by atoms with Crippen molar-refractivity contribution in [3.05, 3.63) is 56.8 Å². The van der Waals surface area contributed by atoms with Crippen LogP contribution in [0.5, 0.6) is 0 Å². The minimum absolute atomic E-state index is 0.249. The maximum absolute atomic E-state index is 8.78. The van der Waals surface area contributed by atoms with E-state index in [1.165, 1.54) is 5.56 Å². The number of azide groups is 2. The van der Waals surface area contributed by atoms with Gasteiger partial charge in [-0.3, -0.25) is 0 Å². The molecule has 0 aliphatic carbocycles. The van der Waals surface area contributed by atoms with Crippen LogP contribution >= 0.6 is 0 Å². The van der Waals surface area contributed by atoms with Gasteiger partial charge in [-0.15, -0.1) is 0 Å². The molecule has 0 N–H and O–H groups in total. The van der Waals surface area contributed by atoms with Gasteiger partial charge in [0.25, 0.3) is 0 Å². The van der Waals surface area contributed by atoms with E-state index in [1.807, 2.05) is 30.3 Å². The largest absolute Gasteiger partial charge is 0.0905 e. The van der Waals surface area contributed by atoms with Crippen LogP contribution in [-0.4, -0.2) is 20.2 Å². The van der Waals surface area contributed by atoms with Crippen molar-refractivity contribution in [3.63, 3.8) is 0 Å². The predicted octanol–water partition coefficient (Wildman–Crippen LogP) is 5.32. The Bertz CT molecular complexity index is 526. The summed E-state index contributed by atoms with van der Waals surface area (Å²) in [4.78, 5) is 5.88. The van der Waals surface area contributed by atoms with Crippen LogP contribution < -0.4 is 0 Å². The fraction of sp³-hybridized carbons (Fsp3) is 0.571. The molecular weight excluding hydrogens is 280 g/mol. The van der Waals surface area contributed by atoms with Crippen molar-refractivity contribution in [1.82, 2.24) is 0 Å². The van der Waals surface area contributed by atoms with Gasteiger partial charge in [0, 0.05) is 30.0 Å². The Morgan fingerprint density at radius 3 is 2.10 bits per heavy atom. The molecule has 2 unspecified atom stereocenters. The van der Waals surface area contributed by atoms with Crippen LogP contribution in [0.25, 0.3) is 20.9 Å². The Morgan fingerprint density at radius 2 is 1.57 bits per heavy atom. The van der Waals surface area contributed by atoms with Gasteiger partial charge in [0.15, 0.2) is 0 Å². The van der Waals surface area contributed by atoms with Crippen molar-refractivity contribution in [2.24, 2.45) is 10.2 Å². The van der Waals surface area contributed by atoms with Crippen LogP contribution in [-0.2, 0) is 6.42 Å². The molecule has 0 aliphatic heterocycles. The number of hydrogen-bond acceptors (Lipinski definition) is 2. The fourth-order valence-electron chi connectivity index (χ4n) is 2.30. The minimum atomic E-state index is -1.41. The van der Waals surface area contributed by atoms with Crippen LogP contribution in [0.4, 0.5) is 0 Å². The van der Waals surface area contributed by atoms with Gasteiger partial charge in [-0.2, -0.15) is 0 Å². The standard InChI is InChI=1S/C14H22N6Si/c1-21(2,3)11-14(18-20-16)13(17-19-15)10-9-12-7-5-4-6-8-12/h4-8,13-14H,9-11H2,1-3H3. The first kappa shape index (κ1) is 17.1. The van der Waals surface area contributed by atoms with Crippen LogP contribution in [0.15, 0.2) is 40.6 Å². The predicted molar refractivity (Wildman–Crippen MR) is 88.8 cm³/mol. The smallest absolute Gasteiger partial charge is 0.0458 e. The number of aryl methyl sites for hydroxylation is 1. The Balaban J connectivity index is 2.81. The minimum Gasteiger partial charge on any atom is -0.0905 e. The molecule has 0 radical (unpaired) electrons. The van der Waals surface area contributed by atoms with Crippen LogP contribution in [0, 0.1) is 0 Å². The molecule has 0 aliphatic rings. The molecule has 0 bridgehead atoms. The molecule has 0 fully saturated rings. The van der Waals surface area contributed by atoms with Gasteiger partial charge in [-0.05, 0) is 35.5 Å². The molecule has 7 heteroatoms. The van der Waals surface area contributed by atoms with E-state index >= 15 is 0 Å². The molecule has 1 aromatic rings. The fourth-order valence-corrected chi connectivity index (χ4v) is 3.91. The Kier molecular flexibility index (Phi) is 6.82. The molecule has 0 heterocycles. The lowest BCUT2D eigenvalue weighted by Gasteiger charge is -2.25. The Morgan fingerprint density at radius 1 is 1.00 bits per heavy atom. The van der Waals surface area contributed by atoms with Crippen LogP contribution in [0.1, 0.15) is 12.0 Å². The van der Waals surface area contributed by atoms with Gasteiger partial charge >= 0.3 is 0 Å². The zero-order chi connectivity index (χ0) is 15.7. The molecule has 6 nitrogen and oxygen atoms in total. The molecule has 0 spiro atoms. The molecule has 1 rings (SSSR count). The average Bonchev–Trinajstić information content (AvgIpc) is 2.43. The second kappa shape index (κ2) is 8.37. The zero-order valence-electron chi connectivity index (χ0n) is 12.8. The van der Waals surface area contributed by atoms with Crippen molar-refractivity contribution in [1.29, 1.82) is 0 Å². The quantitative estimate of drug-likeness (QED) is 0.269. The van der Waals surface area contributed by atoms with E-state index < -0.39 is 8.07 Å². The molecule has 0 saturated carbocycles. The van der Waals surface area contributed by atoms with Crippen molar-refractivity contribution in [2.45, 2.75) is 50.6 Å². The highest BCUT2D eigenvalue weighted by Gasteiger charge is 2.26. The van der Waals surface area contributed by atoms with Gasteiger partial charge in [-0.25, -0.2) is 0 Å². The number of nitrogens with zero attached hydrogens (tertiary/aromatic N) is 6. The lowest BCUT2D eigenvalue weighted by atomic mass is 10.0. The topological polar surface area (TPSA) is 97.5 Å². The summed E-state index contributed by atoms with van der Waals surface area (Å²) in [7, 11) is -1.41. The first-order chi connectivity index (χ1) is 9.96. The number of hydrogen-bond donors (Lipinski definition) is 0. The van der Waals surface area contributed by atoms with Crippen molar-refractivity contribution in [3.8, 4) is 0 Å². The summed E-state index contributed by atoms with van der Waals surface area (Å²) in [5.41, 5.74) is 18.8. The van der Waals surface area contributed by atoms with E-state index in [-0.39, 0.29) is 12.1 Å². The summed E-state index contributed by atoms with van der Waals surface area (Å²) in [5, 5.41) is 7.77. The van der Waals surface area contributed by atoms with Crippen molar-refractivity contribution in [2.75, 3.05) is 0 Å². The first-order valence-corrected chi connectivity index (χ1v) is 10.8. The second-order valence-corrected chi connectivity index (χ2v) is 11.9. The maximum Gasteiger partial charge on any atom is 0.0458 e. The third-order valence-corrected chi connectivity index (χ3v) is 4.88. The molecular formula is C14H22N6Si. The molecule has 0 aromatic heterocycles. The first-order valence-electron chi connectivity index (χ1n) is 7.08. The van der Waals surface area contributed by atoms with E-state index in [2.05, 4.69) is 39.7 Å². The summed E-state index contributed by atoms with van der Waals surface area (Å²) >= 11 is 0. The van der Waals surface area contributed by atoms with Crippen LogP contribution in [0.2, 0.25) is 25.7 Å². The van der Waals surface area contributed by atoms with E-state index in [4.69, 9.17) is 11.1 Å². The normalized spacial score (nSPS) is 13.7. The van der Waals surface area contributed by atoms with Gasteiger partial charge in [-0.1, -0.05) is 60.2 Å². The number of benzene rings is 1. The lowest BCUT2D eigenvalue weighted by Crippen LogP contribution is -2.32. The van der Waals surface area contributed by atoms with Gasteiger partial charge < -0.3 is 0 Å². The van der Waals surface area contributed by atoms with Gasteiger partial charge in [0.1, 0.15) is 0 Å². The summed E-state index contributed by atoms with van der Waals surface area (Å²) in [6, 6.07) is 10.4. The molecule has 2 atom stereocenters. The summed E-state index contributed by atoms with van der Waals surface area (Å²) in [5.74, 6) is 0. The zero-order valence-corrected chi connectivity index (χ0v) is 13.8.